The summed E-state index contributed by atoms with van der Waals surface area (Å²) in [6, 6.07) is 17.0. The maximum absolute atomic E-state index is 12.3. The summed E-state index contributed by atoms with van der Waals surface area (Å²) in [6.45, 7) is 2.72. The van der Waals surface area contributed by atoms with Gasteiger partial charge in [0, 0.05) is 29.2 Å². The molecule has 0 unspecified atom stereocenters. The molecule has 0 fully saturated rings. The van der Waals surface area contributed by atoms with Crippen LogP contribution < -0.4 is 21.3 Å². The third-order valence-corrected chi connectivity index (χ3v) is 4.54. The van der Waals surface area contributed by atoms with E-state index in [0.717, 1.165) is 12.8 Å². The first-order chi connectivity index (χ1) is 15.5. The van der Waals surface area contributed by atoms with Crippen molar-refractivity contribution in [1.29, 1.82) is 0 Å². The van der Waals surface area contributed by atoms with E-state index in [-0.39, 0.29) is 30.0 Å². The van der Waals surface area contributed by atoms with Gasteiger partial charge in [0.15, 0.2) is 5.76 Å². The SMILES string of the molecule is CCCCNC(=O)c1cccc(NCC(=O)Nc2cccc(NC(=O)c3ccco3)c2)c1. The molecule has 0 saturated carbocycles. The summed E-state index contributed by atoms with van der Waals surface area (Å²) >= 11 is 0. The third-order valence-electron chi connectivity index (χ3n) is 4.54. The Balaban J connectivity index is 1.51. The molecule has 32 heavy (non-hydrogen) atoms. The molecule has 1 aromatic heterocycles. The number of anilines is 3. The fourth-order valence-corrected chi connectivity index (χ4v) is 2.91. The molecule has 8 nitrogen and oxygen atoms in total. The van der Waals surface area contributed by atoms with Crippen LogP contribution in [0.2, 0.25) is 0 Å². The molecule has 3 aromatic rings. The van der Waals surface area contributed by atoms with E-state index < -0.39 is 0 Å². The monoisotopic (exact) mass is 434 g/mol. The highest BCUT2D eigenvalue weighted by molar-refractivity contribution is 6.03. The molecule has 1 heterocycles. The molecule has 0 aliphatic carbocycles. The summed E-state index contributed by atoms with van der Waals surface area (Å²) in [6.07, 6.45) is 3.36. The first-order valence-electron chi connectivity index (χ1n) is 10.4. The van der Waals surface area contributed by atoms with Gasteiger partial charge in [0.2, 0.25) is 5.91 Å². The molecule has 166 valence electrons. The van der Waals surface area contributed by atoms with Crippen molar-refractivity contribution in [2.24, 2.45) is 0 Å². The minimum absolute atomic E-state index is 0.0177. The van der Waals surface area contributed by atoms with Crippen LogP contribution in [0.15, 0.2) is 71.3 Å². The van der Waals surface area contributed by atoms with Crippen molar-refractivity contribution in [3.8, 4) is 0 Å². The average Bonchev–Trinajstić information content (AvgIpc) is 3.33. The molecule has 2 aromatic carbocycles. The molecule has 0 radical (unpaired) electrons. The summed E-state index contributed by atoms with van der Waals surface area (Å²) in [5.41, 5.74) is 2.27. The van der Waals surface area contributed by atoms with Crippen molar-refractivity contribution in [2.75, 3.05) is 29.0 Å². The second-order valence-electron chi connectivity index (χ2n) is 7.10. The van der Waals surface area contributed by atoms with E-state index >= 15 is 0 Å². The number of nitrogens with one attached hydrogen (secondary N) is 4. The lowest BCUT2D eigenvalue weighted by atomic mass is 10.2. The topological polar surface area (TPSA) is 112 Å². The van der Waals surface area contributed by atoms with Crippen molar-refractivity contribution in [1.82, 2.24) is 5.32 Å². The first kappa shape index (κ1) is 22.6. The van der Waals surface area contributed by atoms with Crippen molar-refractivity contribution >= 4 is 34.8 Å². The van der Waals surface area contributed by atoms with Crippen LogP contribution in [0.4, 0.5) is 17.1 Å². The molecular formula is C24H26N4O4. The Morgan fingerprint density at radius 3 is 2.34 bits per heavy atom. The van der Waals surface area contributed by atoms with Crippen LogP contribution in [-0.4, -0.2) is 30.8 Å². The molecule has 0 atom stereocenters. The van der Waals surface area contributed by atoms with E-state index in [0.29, 0.717) is 29.2 Å². The molecule has 0 aliphatic rings. The Labute approximate surface area is 186 Å². The van der Waals surface area contributed by atoms with Crippen LogP contribution in [0, 0.1) is 0 Å². The van der Waals surface area contributed by atoms with E-state index in [4.69, 9.17) is 4.42 Å². The number of carbonyl (C=O) groups is 3. The van der Waals surface area contributed by atoms with Crippen molar-refractivity contribution in [3.63, 3.8) is 0 Å². The number of unbranched alkanes of at least 4 members (excludes halogenated alkanes) is 1. The number of benzene rings is 2. The molecule has 0 spiro atoms. The average molecular weight is 434 g/mol. The standard InChI is InChI=1S/C24H26N4O4/c1-2-3-12-25-23(30)17-7-4-8-18(14-17)26-16-22(29)27-19-9-5-10-20(15-19)28-24(31)21-11-6-13-32-21/h4-11,13-15,26H,2-3,12,16H2,1H3,(H,25,30)(H,27,29)(H,28,31). The maximum atomic E-state index is 12.3. The van der Waals surface area contributed by atoms with E-state index in [1.54, 1.807) is 60.7 Å². The number of hydrogen-bond acceptors (Lipinski definition) is 5. The van der Waals surface area contributed by atoms with E-state index in [1.165, 1.54) is 6.26 Å². The number of furan rings is 1. The zero-order chi connectivity index (χ0) is 22.8. The summed E-state index contributed by atoms with van der Waals surface area (Å²) in [7, 11) is 0. The van der Waals surface area contributed by atoms with Gasteiger partial charge in [-0.3, -0.25) is 14.4 Å². The highest BCUT2D eigenvalue weighted by Crippen LogP contribution is 2.17. The zero-order valence-corrected chi connectivity index (χ0v) is 17.8. The molecule has 3 rings (SSSR count). The highest BCUT2D eigenvalue weighted by Gasteiger charge is 2.10. The van der Waals surface area contributed by atoms with Crippen LogP contribution in [0.1, 0.15) is 40.7 Å². The molecule has 4 N–H and O–H groups in total. The van der Waals surface area contributed by atoms with Crippen LogP contribution >= 0.6 is 0 Å². The van der Waals surface area contributed by atoms with E-state index in [9.17, 15) is 14.4 Å². The Hall–Kier alpha value is -4.07. The summed E-state index contributed by atoms with van der Waals surface area (Å²) in [4.78, 5) is 36.6. The van der Waals surface area contributed by atoms with Gasteiger partial charge < -0.3 is 25.7 Å². The van der Waals surface area contributed by atoms with Gasteiger partial charge in [-0.2, -0.15) is 0 Å². The zero-order valence-electron chi connectivity index (χ0n) is 17.8. The van der Waals surface area contributed by atoms with Crippen LogP contribution in [0.3, 0.4) is 0 Å². The molecule has 3 amide bonds. The Bertz CT molecular complexity index is 1060. The van der Waals surface area contributed by atoms with Gasteiger partial charge in [0.25, 0.3) is 11.8 Å². The molecule has 0 aliphatic heterocycles. The quantitative estimate of drug-likeness (QED) is 0.359. The third kappa shape index (κ3) is 6.73. The van der Waals surface area contributed by atoms with Gasteiger partial charge in [0.1, 0.15) is 0 Å². The normalized spacial score (nSPS) is 10.3. The largest absolute Gasteiger partial charge is 0.459 e. The highest BCUT2D eigenvalue weighted by atomic mass is 16.3. The lowest BCUT2D eigenvalue weighted by molar-refractivity contribution is -0.114. The predicted octanol–water partition coefficient (Wildman–Crippen LogP) is 4.11. The number of rotatable bonds is 10. The molecule has 0 saturated heterocycles. The molecular weight excluding hydrogens is 408 g/mol. The summed E-state index contributed by atoms with van der Waals surface area (Å²) in [5, 5.41) is 11.4. The number of hydrogen-bond donors (Lipinski definition) is 4. The fraction of sp³-hybridized carbons (Fsp3) is 0.208. The van der Waals surface area contributed by atoms with Crippen molar-refractivity contribution in [2.45, 2.75) is 19.8 Å². The van der Waals surface area contributed by atoms with Gasteiger partial charge in [-0.05, 0) is 55.0 Å². The Kier molecular flexibility index (Phi) is 8.02. The fourth-order valence-electron chi connectivity index (χ4n) is 2.91. The first-order valence-corrected chi connectivity index (χ1v) is 10.4. The molecule has 0 bridgehead atoms. The maximum Gasteiger partial charge on any atom is 0.291 e. The van der Waals surface area contributed by atoms with Gasteiger partial charge in [-0.1, -0.05) is 25.5 Å². The van der Waals surface area contributed by atoms with E-state index in [2.05, 4.69) is 28.2 Å². The lowest BCUT2D eigenvalue weighted by Gasteiger charge is -2.11. The molecule has 8 heteroatoms. The van der Waals surface area contributed by atoms with Crippen molar-refractivity contribution in [3.05, 3.63) is 78.3 Å². The van der Waals surface area contributed by atoms with Gasteiger partial charge in [-0.15, -0.1) is 0 Å². The minimum atomic E-state index is -0.376. The number of carbonyl (C=O) groups excluding carboxylic acids is 3. The minimum Gasteiger partial charge on any atom is -0.459 e. The van der Waals surface area contributed by atoms with E-state index in [1.807, 2.05) is 0 Å². The van der Waals surface area contributed by atoms with Crippen molar-refractivity contribution < 1.29 is 18.8 Å². The second kappa shape index (κ2) is 11.4. The lowest BCUT2D eigenvalue weighted by Crippen LogP contribution is -2.25. The van der Waals surface area contributed by atoms with Gasteiger partial charge in [-0.25, -0.2) is 0 Å². The summed E-state index contributed by atoms with van der Waals surface area (Å²) in [5.74, 6) is -0.582. The van der Waals surface area contributed by atoms with Gasteiger partial charge in [0.05, 0.1) is 12.8 Å². The second-order valence-corrected chi connectivity index (χ2v) is 7.10. The Morgan fingerprint density at radius 1 is 0.844 bits per heavy atom. The predicted molar refractivity (Wildman–Crippen MR) is 124 cm³/mol. The van der Waals surface area contributed by atoms with Crippen LogP contribution in [0.25, 0.3) is 0 Å². The van der Waals surface area contributed by atoms with Crippen LogP contribution in [0.5, 0.6) is 0 Å². The summed E-state index contributed by atoms with van der Waals surface area (Å²) < 4.78 is 5.07. The Morgan fingerprint density at radius 2 is 1.59 bits per heavy atom. The van der Waals surface area contributed by atoms with Crippen LogP contribution in [-0.2, 0) is 4.79 Å². The van der Waals surface area contributed by atoms with Gasteiger partial charge >= 0.3 is 0 Å². The smallest absolute Gasteiger partial charge is 0.291 e. The number of amides is 3.